The van der Waals surface area contributed by atoms with Gasteiger partial charge in [0.1, 0.15) is 23.0 Å². The van der Waals surface area contributed by atoms with E-state index < -0.39 is 46.0 Å². The van der Waals surface area contributed by atoms with Crippen LogP contribution in [-0.2, 0) is 19.2 Å². The van der Waals surface area contributed by atoms with Gasteiger partial charge in [-0.25, -0.2) is 0 Å². The summed E-state index contributed by atoms with van der Waals surface area (Å²) in [6.45, 7) is 2.73. The Labute approximate surface area is 235 Å². The number of ether oxygens (including phenoxy) is 2. The van der Waals surface area contributed by atoms with Crippen molar-refractivity contribution in [2.24, 2.45) is 0 Å². The summed E-state index contributed by atoms with van der Waals surface area (Å²) in [5, 5.41) is 22.4. The highest BCUT2D eigenvalue weighted by molar-refractivity contribution is 6.56. The number of ketones is 2. The predicted molar refractivity (Wildman–Crippen MR) is 150 cm³/mol. The van der Waals surface area contributed by atoms with E-state index in [1.807, 2.05) is 0 Å². The Morgan fingerprint density at radius 3 is 1.95 bits per heavy atom. The van der Waals surface area contributed by atoms with Crippen molar-refractivity contribution in [3.05, 3.63) is 95.2 Å². The van der Waals surface area contributed by atoms with Crippen LogP contribution in [0.3, 0.4) is 0 Å². The maximum absolute atomic E-state index is 14.8. The molecule has 2 amide bonds. The fourth-order valence-corrected chi connectivity index (χ4v) is 5.54. The zero-order valence-corrected chi connectivity index (χ0v) is 22.7. The lowest BCUT2D eigenvalue weighted by Crippen LogP contribution is -2.56. The number of carbonyl (C=O) groups is 4. The maximum atomic E-state index is 14.8. The molecule has 3 aromatic rings. The molecule has 2 N–H and O–H groups in total. The Kier molecular flexibility index (Phi) is 6.62. The zero-order chi connectivity index (χ0) is 29.6. The van der Waals surface area contributed by atoms with Gasteiger partial charge in [0.2, 0.25) is 0 Å². The van der Waals surface area contributed by atoms with E-state index in [2.05, 4.69) is 0 Å². The molecule has 0 radical (unpaired) electrons. The number of aliphatic hydroxyl groups excluding tert-OH is 1. The van der Waals surface area contributed by atoms with Crippen LogP contribution in [-0.4, -0.2) is 53.4 Å². The molecule has 41 heavy (non-hydrogen) atoms. The standard InChI is InChI=1S/C31H26N2O8/c1-17-25(18(2)34)31(30(39)32(17)20-11-15-22(41-4)16-12-20)26(27(36)19-9-13-21(40-3)14-10-19)28(37)29(38)33(31)23-7-5-6-8-24(23)35/h5-16,35-36H,1-4H3/b27-26-. The average molecular weight is 555 g/mol. The highest BCUT2D eigenvalue weighted by Gasteiger charge is 2.69. The Bertz CT molecular complexity index is 1670. The minimum absolute atomic E-state index is 0.108. The molecular formula is C31H26N2O8. The molecule has 0 bridgehead atoms. The fourth-order valence-electron chi connectivity index (χ4n) is 5.54. The summed E-state index contributed by atoms with van der Waals surface area (Å²) in [6, 6.07) is 18.1. The molecule has 2 aliphatic rings. The Balaban J connectivity index is 1.88. The van der Waals surface area contributed by atoms with Crippen LogP contribution in [0.15, 0.2) is 89.6 Å². The third kappa shape index (κ3) is 3.87. The summed E-state index contributed by atoms with van der Waals surface area (Å²) in [4.78, 5) is 57.8. The second-order valence-electron chi connectivity index (χ2n) is 9.48. The molecule has 1 atom stereocenters. The van der Waals surface area contributed by atoms with E-state index in [0.717, 1.165) is 4.90 Å². The molecule has 5 rings (SSSR count). The van der Waals surface area contributed by atoms with Gasteiger partial charge < -0.3 is 19.7 Å². The van der Waals surface area contributed by atoms with Crippen LogP contribution in [0.25, 0.3) is 5.76 Å². The van der Waals surface area contributed by atoms with Gasteiger partial charge in [-0.3, -0.25) is 29.0 Å². The van der Waals surface area contributed by atoms with E-state index in [1.165, 1.54) is 81.5 Å². The number of benzene rings is 3. The number of aromatic hydroxyl groups is 1. The van der Waals surface area contributed by atoms with Gasteiger partial charge in [0, 0.05) is 16.9 Å². The molecule has 3 aromatic carbocycles. The van der Waals surface area contributed by atoms with Crippen molar-refractivity contribution in [2.45, 2.75) is 19.4 Å². The predicted octanol–water partition coefficient (Wildman–Crippen LogP) is 3.94. The van der Waals surface area contributed by atoms with Crippen molar-refractivity contribution in [1.82, 2.24) is 0 Å². The van der Waals surface area contributed by atoms with Gasteiger partial charge in [-0.1, -0.05) is 12.1 Å². The monoisotopic (exact) mass is 554 g/mol. The molecule has 0 aromatic heterocycles. The summed E-state index contributed by atoms with van der Waals surface area (Å²) in [5.74, 6) is -3.96. The van der Waals surface area contributed by atoms with Crippen LogP contribution >= 0.6 is 0 Å². The van der Waals surface area contributed by atoms with Gasteiger partial charge in [-0.05, 0) is 74.5 Å². The number of hydrogen-bond acceptors (Lipinski definition) is 8. The van der Waals surface area contributed by atoms with Crippen molar-refractivity contribution in [2.75, 3.05) is 24.0 Å². The molecule has 2 aliphatic heterocycles. The van der Waals surface area contributed by atoms with Gasteiger partial charge in [-0.2, -0.15) is 0 Å². The third-order valence-corrected chi connectivity index (χ3v) is 7.30. The Morgan fingerprint density at radius 2 is 1.41 bits per heavy atom. The number of para-hydroxylation sites is 2. The van der Waals surface area contributed by atoms with E-state index in [-0.39, 0.29) is 22.5 Å². The first kappa shape index (κ1) is 27.2. The highest BCUT2D eigenvalue weighted by Crippen LogP contribution is 2.53. The molecule has 10 heteroatoms. The van der Waals surface area contributed by atoms with Crippen molar-refractivity contribution in [3.8, 4) is 17.2 Å². The molecule has 0 aliphatic carbocycles. The number of hydrogen-bond donors (Lipinski definition) is 2. The first-order valence-electron chi connectivity index (χ1n) is 12.6. The van der Waals surface area contributed by atoms with Crippen LogP contribution in [0.1, 0.15) is 19.4 Å². The third-order valence-electron chi connectivity index (χ3n) is 7.30. The Hall–Kier alpha value is -5.38. The van der Waals surface area contributed by atoms with Gasteiger partial charge in [0.15, 0.2) is 11.3 Å². The number of nitrogens with zero attached hydrogens (tertiary/aromatic N) is 2. The molecule has 10 nitrogen and oxygen atoms in total. The minimum atomic E-state index is -2.42. The van der Waals surface area contributed by atoms with Crippen molar-refractivity contribution in [1.29, 1.82) is 0 Å². The molecule has 208 valence electrons. The van der Waals surface area contributed by atoms with Gasteiger partial charge in [0.25, 0.3) is 11.7 Å². The normalized spacial score (nSPS) is 19.9. The number of aliphatic hydroxyl groups is 1. The maximum Gasteiger partial charge on any atom is 0.300 e. The van der Waals surface area contributed by atoms with E-state index in [0.29, 0.717) is 17.2 Å². The number of carbonyl (C=O) groups excluding carboxylic acids is 4. The largest absolute Gasteiger partial charge is 0.507 e. The number of anilines is 2. The van der Waals surface area contributed by atoms with Crippen molar-refractivity contribution < 1.29 is 38.9 Å². The van der Waals surface area contributed by atoms with E-state index in [4.69, 9.17) is 9.47 Å². The van der Waals surface area contributed by atoms with Crippen LogP contribution in [0.5, 0.6) is 17.2 Å². The lowest BCUT2D eigenvalue weighted by molar-refractivity contribution is -0.132. The van der Waals surface area contributed by atoms with Crippen LogP contribution in [0, 0.1) is 0 Å². The number of methoxy groups -OCH3 is 2. The SMILES string of the molecule is COc1ccc(/C(O)=C2\C(=O)C(=O)N(c3ccccc3O)C23C(=O)N(c2ccc(OC)cc2)C(C)=C3C(C)=O)cc1. The number of amides is 2. The lowest BCUT2D eigenvalue weighted by atomic mass is 9.79. The highest BCUT2D eigenvalue weighted by atomic mass is 16.5. The first-order chi connectivity index (χ1) is 19.6. The summed E-state index contributed by atoms with van der Waals surface area (Å²) >= 11 is 0. The van der Waals surface area contributed by atoms with Gasteiger partial charge in [0.05, 0.1) is 31.1 Å². The number of rotatable bonds is 6. The number of phenols is 1. The van der Waals surface area contributed by atoms with Gasteiger partial charge in [-0.15, -0.1) is 0 Å². The Morgan fingerprint density at radius 1 is 0.854 bits per heavy atom. The summed E-state index contributed by atoms with van der Waals surface area (Å²) < 4.78 is 10.4. The molecule has 1 saturated heterocycles. The molecule has 1 spiro atoms. The minimum Gasteiger partial charge on any atom is -0.507 e. The van der Waals surface area contributed by atoms with Crippen molar-refractivity contribution >= 4 is 40.5 Å². The molecule has 1 unspecified atom stereocenters. The summed E-state index contributed by atoms with van der Waals surface area (Å²) in [6.07, 6.45) is 0. The van der Waals surface area contributed by atoms with Gasteiger partial charge >= 0.3 is 5.91 Å². The molecule has 0 saturated carbocycles. The average Bonchev–Trinajstić information content (AvgIpc) is 3.33. The van der Waals surface area contributed by atoms with Crippen LogP contribution in [0.4, 0.5) is 11.4 Å². The van der Waals surface area contributed by atoms with Crippen LogP contribution in [0.2, 0.25) is 0 Å². The van der Waals surface area contributed by atoms with Crippen molar-refractivity contribution in [3.63, 3.8) is 0 Å². The molecule has 2 heterocycles. The van der Waals surface area contributed by atoms with E-state index in [9.17, 15) is 29.4 Å². The van der Waals surface area contributed by atoms with Crippen LogP contribution < -0.4 is 19.3 Å². The summed E-state index contributed by atoms with van der Waals surface area (Å²) in [7, 11) is 2.95. The number of Topliss-reactive ketones (excluding diaryl/α,β-unsaturated/α-hetero) is 2. The quantitative estimate of drug-likeness (QED) is 0.266. The fraction of sp³-hybridized carbons (Fsp3) is 0.161. The summed E-state index contributed by atoms with van der Waals surface area (Å²) in [5.41, 5.74) is -2.81. The second kappa shape index (κ2) is 9.98. The van der Waals surface area contributed by atoms with E-state index in [1.54, 1.807) is 24.3 Å². The first-order valence-corrected chi connectivity index (χ1v) is 12.6. The lowest BCUT2D eigenvalue weighted by Gasteiger charge is -2.35. The van der Waals surface area contributed by atoms with E-state index >= 15 is 0 Å². The number of allylic oxidation sites excluding steroid dienone is 1. The molecule has 1 fully saturated rings. The number of phenolic OH excluding ortho intramolecular Hbond substituents is 1. The smallest absolute Gasteiger partial charge is 0.300 e. The molecular weight excluding hydrogens is 528 g/mol. The second-order valence-corrected chi connectivity index (χ2v) is 9.48. The zero-order valence-electron chi connectivity index (χ0n) is 22.7. The topological polar surface area (TPSA) is 134 Å².